The van der Waals surface area contributed by atoms with Crippen molar-refractivity contribution < 1.29 is 9.47 Å². The van der Waals surface area contributed by atoms with Gasteiger partial charge in [-0.2, -0.15) is 0 Å². The molecule has 4 nitrogen and oxygen atoms in total. The predicted molar refractivity (Wildman–Crippen MR) is 83.5 cm³/mol. The molecule has 0 radical (unpaired) electrons. The van der Waals surface area contributed by atoms with Crippen molar-refractivity contribution in [1.82, 2.24) is 5.32 Å². The summed E-state index contributed by atoms with van der Waals surface area (Å²) < 4.78 is 10.7. The molecule has 20 heavy (non-hydrogen) atoms. The van der Waals surface area contributed by atoms with Gasteiger partial charge in [0, 0.05) is 25.2 Å². The van der Waals surface area contributed by atoms with Crippen LogP contribution in [0.2, 0.25) is 5.02 Å². The van der Waals surface area contributed by atoms with Crippen LogP contribution in [-0.2, 0) is 0 Å². The summed E-state index contributed by atoms with van der Waals surface area (Å²) in [6, 6.07) is 4.33. The van der Waals surface area contributed by atoms with Crippen LogP contribution in [0.15, 0.2) is 12.1 Å². The zero-order valence-corrected chi connectivity index (χ0v) is 13.2. The summed E-state index contributed by atoms with van der Waals surface area (Å²) in [7, 11) is 3.29. The largest absolute Gasteiger partial charge is 0.495 e. The van der Waals surface area contributed by atoms with Gasteiger partial charge < -0.3 is 19.7 Å². The van der Waals surface area contributed by atoms with E-state index < -0.39 is 0 Å². The van der Waals surface area contributed by atoms with E-state index in [4.69, 9.17) is 21.1 Å². The molecule has 0 saturated carbocycles. The highest BCUT2D eigenvalue weighted by atomic mass is 35.5. The molecule has 1 aliphatic rings. The van der Waals surface area contributed by atoms with Crippen molar-refractivity contribution in [2.45, 2.75) is 25.8 Å². The summed E-state index contributed by atoms with van der Waals surface area (Å²) >= 11 is 6.23. The molecule has 1 aromatic rings. The van der Waals surface area contributed by atoms with Crippen molar-refractivity contribution in [3.63, 3.8) is 0 Å². The minimum absolute atomic E-state index is 0.542. The number of nitrogens with zero attached hydrogens (tertiary/aromatic N) is 1. The SMILES string of the molecule is CCCNC1CCN(c2cc(Cl)c(OC)cc2OC)C1. The van der Waals surface area contributed by atoms with E-state index in [9.17, 15) is 0 Å². The molecule has 5 heteroatoms. The standard InChI is InChI=1S/C15H23ClN2O2/c1-4-6-17-11-5-7-18(10-11)13-8-12(16)14(19-2)9-15(13)20-3/h8-9,11,17H,4-7,10H2,1-3H3. The highest BCUT2D eigenvalue weighted by Crippen LogP contribution is 2.39. The second kappa shape index (κ2) is 7.04. The molecule has 1 unspecified atom stereocenters. The van der Waals surface area contributed by atoms with Crippen molar-refractivity contribution in [2.75, 3.05) is 38.8 Å². The van der Waals surface area contributed by atoms with Crippen LogP contribution in [0.4, 0.5) is 5.69 Å². The molecule has 1 fully saturated rings. The summed E-state index contributed by atoms with van der Waals surface area (Å²) in [5, 5.41) is 4.18. The van der Waals surface area contributed by atoms with Crippen LogP contribution in [-0.4, -0.2) is 39.9 Å². The van der Waals surface area contributed by atoms with E-state index in [-0.39, 0.29) is 0 Å². The lowest BCUT2D eigenvalue weighted by Crippen LogP contribution is -2.33. The summed E-state index contributed by atoms with van der Waals surface area (Å²) in [6.45, 7) is 5.25. The Kier molecular flexibility index (Phi) is 5.38. The Hall–Kier alpha value is -1.13. The summed E-state index contributed by atoms with van der Waals surface area (Å²) in [6.07, 6.45) is 2.31. The lowest BCUT2D eigenvalue weighted by molar-refractivity contribution is 0.394. The Morgan fingerprint density at radius 1 is 1.30 bits per heavy atom. The van der Waals surface area contributed by atoms with Gasteiger partial charge in [0.1, 0.15) is 11.5 Å². The highest BCUT2D eigenvalue weighted by Gasteiger charge is 2.25. The van der Waals surface area contributed by atoms with Crippen LogP contribution in [0.3, 0.4) is 0 Å². The number of ether oxygens (including phenoxy) is 2. The Labute approximate surface area is 126 Å². The fourth-order valence-corrected chi connectivity index (χ4v) is 2.82. The first-order valence-corrected chi connectivity index (χ1v) is 7.47. The zero-order valence-electron chi connectivity index (χ0n) is 12.4. The predicted octanol–water partition coefficient (Wildman–Crippen LogP) is 2.94. The molecular weight excluding hydrogens is 276 g/mol. The molecule has 112 valence electrons. The molecule has 0 amide bonds. The highest BCUT2D eigenvalue weighted by molar-refractivity contribution is 6.32. The molecule has 1 aliphatic heterocycles. The molecule has 1 saturated heterocycles. The molecule has 2 rings (SSSR count). The minimum Gasteiger partial charge on any atom is -0.495 e. The van der Waals surface area contributed by atoms with Crippen molar-refractivity contribution >= 4 is 17.3 Å². The molecule has 1 N–H and O–H groups in total. The van der Waals surface area contributed by atoms with Gasteiger partial charge in [0.2, 0.25) is 0 Å². The number of hydrogen-bond donors (Lipinski definition) is 1. The number of anilines is 1. The van der Waals surface area contributed by atoms with Crippen LogP contribution in [0, 0.1) is 0 Å². The Balaban J connectivity index is 2.14. The lowest BCUT2D eigenvalue weighted by atomic mass is 10.2. The third kappa shape index (κ3) is 3.30. The second-order valence-corrected chi connectivity index (χ2v) is 5.45. The third-order valence-corrected chi connectivity index (χ3v) is 3.96. The van der Waals surface area contributed by atoms with Crippen molar-refractivity contribution in [2.24, 2.45) is 0 Å². The van der Waals surface area contributed by atoms with E-state index in [0.29, 0.717) is 16.8 Å². The maximum atomic E-state index is 6.23. The van der Waals surface area contributed by atoms with Crippen LogP contribution in [0.1, 0.15) is 19.8 Å². The first-order chi connectivity index (χ1) is 9.69. The molecule has 1 aromatic carbocycles. The quantitative estimate of drug-likeness (QED) is 0.875. The summed E-state index contributed by atoms with van der Waals surface area (Å²) in [5.74, 6) is 1.45. The molecular formula is C15H23ClN2O2. The van der Waals surface area contributed by atoms with Gasteiger partial charge in [-0.05, 0) is 25.5 Å². The fourth-order valence-electron chi connectivity index (χ4n) is 2.59. The van der Waals surface area contributed by atoms with Crippen molar-refractivity contribution in [3.05, 3.63) is 17.2 Å². The van der Waals surface area contributed by atoms with Crippen molar-refractivity contribution in [1.29, 1.82) is 0 Å². The van der Waals surface area contributed by atoms with Crippen LogP contribution >= 0.6 is 11.6 Å². The topological polar surface area (TPSA) is 33.7 Å². The van der Waals surface area contributed by atoms with E-state index in [1.54, 1.807) is 14.2 Å². The molecule has 0 spiro atoms. The molecule has 0 aromatic heterocycles. The maximum Gasteiger partial charge on any atom is 0.145 e. The molecule has 0 aliphatic carbocycles. The number of rotatable bonds is 6. The van der Waals surface area contributed by atoms with Gasteiger partial charge >= 0.3 is 0 Å². The summed E-state index contributed by atoms with van der Waals surface area (Å²) in [4.78, 5) is 2.32. The second-order valence-electron chi connectivity index (χ2n) is 5.04. The molecule has 0 bridgehead atoms. The third-order valence-electron chi connectivity index (χ3n) is 3.67. The van der Waals surface area contributed by atoms with Gasteiger partial charge in [0.05, 0.1) is 24.9 Å². The van der Waals surface area contributed by atoms with Crippen LogP contribution < -0.4 is 19.7 Å². The van der Waals surface area contributed by atoms with Gasteiger partial charge in [0.15, 0.2) is 0 Å². The average molecular weight is 299 g/mol. The number of methoxy groups -OCH3 is 2. The van der Waals surface area contributed by atoms with Crippen LogP contribution in [0.25, 0.3) is 0 Å². The Morgan fingerprint density at radius 3 is 2.70 bits per heavy atom. The Bertz CT molecular complexity index is 454. The van der Waals surface area contributed by atoms with Crippen molar-refractivity contribution in [3.8, 4) is 11.5 Å². The number of benzene rings is 1. The maximum absolute atomic E-state index is 6.23. The lowest BCUT2D eigenvalue weighted by Gasteiger charge is -2.22. The first kappa shape index (κ1) is 15.3. The Morgan fingerprint density at radius 2 is 2.05 bits per heavy atom. The van der Waals surface area contributed by atoms with E-state index >= 15 is 0 Å². The normalized spacial score (nSPS) is 18.4. The number of nitrogens with one attached hydrogen (secondary N) is 1. The minimum atomic E-state index is 0.542. The number of halogens is 1. The van der Waals surface area contributed by atoms with E-state index in [1.165, 1.54) is 0 Å². The molecule has 1 atom stereocenters. The first-order valence-electron chi connectivity index (χ1n) is 7.09. The van der Waals surface area contributed by atoms with E-state index in [2.05, 4.69) is 17.1 Å². The monoisotopic (exact) mass is 298 g/mol. The van der Waals surface area contributed by atoms with Gasteiger partial charge in [-0.15, -0.1) is 0 Å². The van der Waals surface area contributed by atoms with E-state index in [0.717, 1.165) is 43.9 Å². The van der Waals surface area contributed by atoms with E-state index in [1.807, 2.05) is 12.1 Å². The summed E-state index contributed by atoms with van der Waals surface area (Å²) in [5.41, 5.74) is 1.04. The fraction of sp³-hybridized carbons (Fsp3) is 0.600. The van der Waals surface area contributed by atoms with Gasteiger partial charge in [0.25, 0.3) is 0 Å². The zero-order chi connectivity index (χ0) is 14.5. The smallest absolute Gasteiger partial charge is 0.145 e. The molecule has 1 heterocycles. The van der Waals surface area contributed by atoms with Gasteiger partial charge in [-0.1, -0.05) is 18.5 Å². The van der Waals surface area contributed by atoms with Gasteiger partial charge in [-0.3, -0.25) is 0 Å². The van der Waals surface area contributed by atoms with Gasteiger partial charge in [-0.25, -0.2) is 0 Å². The van der Waals surface area contributed by atoms with Crippen LogP contribution in [0.5, 0.6) is 11.5 Å². The number of hydrogen-bond acceptors (Lipinski definition) is 4. The average Bonchev–Trinajstić information content (AvgIpc) is 2.93.